The predicted molar refractivity (Wildman–Crippen MR) is 109 cm³/mol. The zero-order chi connectivity index (χ0) is 17.4. The lowest BCUT2D eigenvalue weighted by Gasteiger charge is -2.18. The van der Waals surface area contributed by atoms with Gasteiger partial charge in [-0.15, -0.1) is 24.0 Å². The van der Waals surface area contributed by atoms with E-state index in [9.17, 15) is 4.39 Å². The first-order valence-electron chi connectivity index (χ1n) is 7.54. The second-order valence-corrected chi connectivity index (χ2v) is 5.54. The van der Waals surface area contributed by atoms with Gasteiger partial charge in [0.1, 0.15) is 11.3 Å². The molecule has 8 heteroatoms. The van der Waals surface area contributed by atoms with Crippen molar-refractivity contribution in [2.24, 2.45) is 4.99 Å². The Morgan fingerprint density at radius 1 is 1.28 bits per heavy atom. The number of hydrogen-bond acceptors (Lipinski definition) is 3. The van der Waals surface area contributed by atoms with Crippen molar-refractivity contribution in [2.75, 3.05) is 13.6 Å². The molecule has 0 bridgehead atoms. The van der Waals surface area contributed by atoms with Crippen LogP contribution in [0.1, 0.15) is 12.5 Å². The molecule has 5 nitrogen and oxygen atoms in total. The van der Waals surface area contributed by atoms with Crippen LogP contribution in [0.25, 0.3) is 0 Å². The molecular weight excluding hydrogens is 458 g/mol. The van der Waals surface area contributed by atoms with Gasteiger partial charge in [-0.3, -0.25) is 4.99 Å². The number of ether oxygens (including phenoxy) is 1. The Morgan fingerprint density at radius 2 is 2.04 bits per heavy atom. The summed E-state index contributed by atoms with van der Waals surface area (Å²) in [6.07, 6.45) is 1.48. The summed E-state index contributed by atoms with van der Waals surface area (Å²) in [5.41, 5.74) is 0.984. The molecule has 1 atom stereocenters. The summed E-state index contributed by atoms with van der Waals surface area (Å²) in [6.45, 7) is 2.90. The number of nitrogens with one attached hydrogen (secondary N) is 2. The fourth-order valence-corrected chi connectivity index (χ4v) is 2.07. The average Bonchev–Trinajstić information content (AvgIpc) is 2.58. The highest BCUT2D eigenvalue weighted by molar-refractivity contribution is 14.0. The first-order valence-corrected chi connectivity index (χ1v) is 7.92. The zero-order valence-corrected chi connectivity index (χ0v) is 17.1. The molecular formula is C17H21ClFIN4O. The lowest BCUT2D eigenvalue weighted by atomic mass is 10.3. The van der Waals surface area contributed by atoms with Crippen molar-refractivity contribution >= 4 is 41.5 Å². The second-order valence-electron chi connectivity index (χ2n) is 5.15. The molecule has 136 valence electrons. The highest BCUT2D eigenvalue weighted by Crippen LogP contribution is 2.16. The summed E-state index contributed by atoms with van der Waals surface area (Å²) >= 11 is 5.76. The first kappa shape index (κ1) is 21.4. The number of benzene rings is 1. The Hall–Kier alpha value is -1.61. The van der Waals surface area contributed by atoms with Crippen LogP contribution in [0, 0.1) is 5.82 Å². The van der Waals surface area contributed by atoms with Gasteiger partial charge in [0.05, 0.1) is 6.54 Å². The molecule has 2 aromatic rings. The standard InChI is InChI=1S/C17H20ClFN4O.HI/c1-12(24-15-6-4-3-5-14(15)19)9-22-17(20-2)23-11-13-7-8-16(18)21-10-13;/h3-8,10,12H,9,11H2,1-2H3,(H2,20,22,23);1H. The smallest absolute Gasteiger partial charge is 0.191 e. The molecule has 2 N–H and O–H groups in total. The monoisotopic (exact) mass is 478 g/mol. The molecule has 1 aromatic heterocycles. The van der Waals surface area contributed by atoms with Crippen LogP contribution in [0.5, 0.6) is 5.75 Å². The van der Waals surface area contributed by atoms with Crippen LogP contribution in [-0.2, 0) is 6.54 Å². The van der Waals surface area contributed by atoms with Gasteiger partial charge in [-0.05, 0) is 30.7 Å². The van der Waals surface area contributed by atoms with Gasteiger partial charge >= 0.3 is 0 Å². The number of pyridine rings is 1. The van der Waals surface area contributed by atoms with Gasteiger partial charge in [0, 0.05) is 19.8 Å². The fourth-order valence-electron chi connectivity index (χ4n) is 1.96. The van der Waals surface area contributed by atoms with E-state index < -0.39 is 0 Å². The fraction of sp³-hybridized carbons (Fsp3) is 0.294. The van der Waals surface area contributed by atoms with E-state index in [0.717, 1.165) is 5.56 Å². The maximum absolute atomic E-state index is 13.6. The van der Waals surface area contributed by atoms with Gasteiger partial charge in [0.15, 0.2) is 17.5 Å². The Kier molecular flexibility index (Phi) is 9.51. The van der Waals surface area contributed by atoms with Crippen molar-refractivity contribution in [1.82, 2.24) is 15.6 Å². The third-order valence-electron chi connectivity index (χ3n) is 3.19. The van der Waals surface area contributed by atoms with Crippen LogP contribution in [0.15, 0.2) is 47.6 Å². The Balaban J connectivity index is 0.00000312. The molecule has 0 aliphatic carbocycles. The molecule has 0 spiro atoms. The largest absolute Gasteiger partial charge is 0.486 e. The summed E-state index contributed by atoms with van der Waals surface area (Å²) < 4.78 is 19.1. The van der Waals surface area contributed by atoms with Crippen LogP contribution in [0.3, 0.4) is 0 Å². The van der Waals surface area contributed by atoms with E-state index in [1.54, 1.807) is 37.5 Å². The van der Waals surface area contributed by atoms with Crippen LogP contribution in [0.4, 0.5) is 4.39 Å². The van der Waals surface area contributed by atoms with E-state index in [1.807, 2.05) is 13.0 Å². The van der Waals surface area contributed by atoms with E-state index in [4.69, 9.17) is 16.3 Å². The van der Waals surface area contributed by atoms with Crippen LogP contribution < -0.4 is 15.4 Å². The van der Waals surface area contributed by atoms with Gasteiger partial charge < -0.3 is 15.4 Å². The Labute approximate surface area is 169 Å². The van der Waals surface area contributed by atoms with Crippen LogP contribution in [0.2, 0.25) is 5.15 Å². The van der Waals surface area contributed by atoms with Gasteiger partial charge in [0.2, 0.25) is 0 Å². The maximum Gasteiger partial charge on any atom is 0.191 e. The highest BCUT2D eigenvalue weighted by Gasteiger charge is 2.08. The van der Waals surface area contributed by atoms with Crippen molar-refractivity contribution in [3.8, 4) is 5.75 Å². The summed E-state index contributed by atoms with van der Waals surface area (Å²) in [6, 6.07) is 9.96. The van der Waals surface area contributed by atoms with E-state index in [1.165, 1.54) is 6.07 Å². The number of rotatable bonds is 6. The minimum absolute atomic E-state index is 0. The van der Waals surface area contributed by atoms with Gasteiger partial charge in [-0.2, -0.15) is 0 Å². The van der Waals surface area contributed by atoms with E-state index in [2.05, 4.69) is 20.6 Å². The van der Waals surface area contributed by atoms with Gasteiger partial charge in [-0.25, -0.2) is 9.37 Å². The topological polar surface area (TPSA) is 58.5 Å². The normalized spacial score (nSPS) is 12.1. The van der Waals surface area contributed by atoms with Crippen LogP contribution >= 0.6 is 35.6 Å². The van der Waals surface area contributed by atoms with E-state index in [0.29, 0.717) is 24.2 Å². The van der Waals surface area contributed by atoms with Crippen molar-refractivity contribution in [3.05, 3.63) is 59.1 Å². The van der Waals surface area contributed by atoms with Crippen molar-refractivity contribution in [1.29, 1.82) is 0 Å². The number of aliphatic imine (C=N–C) groups is 1. The van der Waals surface area contributed by atoms with Crippen molar-refractivity contribution < 1.29 is 9.13 Å². The summed E-state index contributed by atoms with van der Waals surface area (Å²) in [7, 11) is 1.68. The number of halogens is 3. The number of hydrogen-bond donors (Lipinski definition) is 2. The molecule has 0 saturated heterocycles. The summed E-state index contributed by atoms with van der Waals surface area (Å²) in [5.74, 6) is 0.484. The highest BCUT2D eigenvalue weighted by atomic mass is 127. The average molecular weight is 479 g/mol. The number of guanidine groups is 1. The van der Waals surface area contributed by atoms with E-state index >= 15 is 0 Å². The molecule has 1 heterocycles. The second kappa shape index (κ2) is 11.1. The third-order valence-corrected chi connectivity index (χ3v) is 3.42. The molecule has 0 aliphatic heterocycles. The van der Waals surface area contributed by atoms with E-state index in [-0.39, 0.29) is 41.6 Å². The van der Waals surface area contributed by atoms with Gasteiger partial charge in [-0.1, -0.05) is 29.8 Å². The summed E-state index contributed by atoms with van der Waals surface area (Å²) in [5, 5.41) is 6.76. The molecule has 25 heavy (non-hydrogen) atoms. The number of para-hydroxylation sites is 1. The number of nitrogens with zero attached hydrogens (tertiary/aromatic N) is 2. The Morgan fingerprint density at radius 3 is 2.68 bits per heavy atom. The van der Waals surface area contributed by atoms with Crippen LogP contribution in [-0.4, -0.2) is 30.6 Å². The molecule has 0 amide bonds. The third kappa shape index (κ3) is 7.43. The molecule has 1 aromatic carbocycles. The summed E-state index contributed by atoms with van der Waals surface area (Å²) in [4.78, 5) is 8.16. The van der Waals surface area contributed by atoms with Crippen molar-refractivity contribution in [3.63, 3.8) is 0 Å². The van der Waals surface area contributed by atoms with Crippen molar-refractivity contribution in [2.45, 2.75) is 19.6 Å². The lowest BCUT2D eigenvalue weighted by Crippen LogP contribution is -2.41. The predicted octanol–water partition coefficient (Wildman–Crippen LogP) is 3.62. The van der Waals surface area contributed by atoms with Gasteiger partial charge in [0.25, 0.3) is 0 Å². The Bertz CT molecular complexity index is 685. The quantitative estimate of drug-likeness (QED) is 0.288. The maximum atomic E-state index is 13.6. The lowest BCUT2D eigenvalue weighted by molar-refractivity contribution is 0.214. The molecule has 0 fully saturated rings. The molecule has 1 unspecified atom stereocenters. The molecule has 0 radical (unpaired) electrons. The zero-order valence-electron chi connectivity index (χ0n) is 14.0. The first-order chi connectivity index (χ1) is 11.6. The minimum atomic E-state index is -0.373. The minimum Gasteiger partial charge on any atom is -0.486 e. The molecule has 2 rings (SSSR count). The SMILES string of the molecule is CN=C(NCc1ccc(Cl)nc1)NCC(C)Oc1ccccc1F.I. The number of aromatic nitrogens is 1. The molecule has 0 aliphatic rings. The molecule has 0 saturated carbocycles.